The number of hydrazine groups is 1. The van der Waals surface area contributed by atoms with Crippen molar-refractivity contribution in [3.8, 4) is 0 Å². The van der Waals surface area contributed by atoms with E-state index in [1.165, 1.54) is 11.1 Å². The molecule has 2 aromatic carbocycles. The van der Waals surface area contributed by atoms with Gasteiger partial charge in [-0.3, -0.25) is 14.6 Å². The van der Waals surface area contributed by atoms with Gasteiger partial charge in [0.1, 0.15) is 5.60 Å². The topological polar surface area (TPSA) is 111 Å². The highest BCUT2D eigenvalue weighted by Crippen LogP contribution is 2.29. The third kappa shape index (κ3) is 7.39. The van der Waals surface area contributed by atoms with E-state index in [4.69, 9.17) is 9.26 Å². The zero-order chi connectivity index (χ0) is 30.6. The molecular weight excluding hydrogens is 536 g/mol. The highest BCUT2D eigenvalue weighted by molar-refractivity contribution is 5.90. The molecule has 0 spiro atoms. The Kier molecular flexibility index (Phi) is 9.40. The van der Waals surface area contributed by atoms with Crippen LogP contribution in [0.4, 0.5) is 10.5 Å². The molecule has 3 aromatic rings. The van der Waals surface area contributed by atoms with Crippen molar-refractivity contribution in [2.24, 2.45) is 0 Å². The Balaban J connectivity index is 1.46. The fourth-order valence-corrected chi connectivity index (χ4v) is 4.98. The lowest BCUT2D eigenvalue weighted by atomic mass is 10.1. The molecule has 1 aromatic heterocycles. The van der Waals surface area contributed by atoms with Crippen molar-refractivity contribution in [1.29, 1.82) is 0 Å². The standard InChI is InChI=1S/C31H42N6O5/c1-8-35(30(40)41-31(4,5)6)14-13-32-28(38)19-36(26-16-27-25(15-21(26)2)22(3)33-42-27)20-29(39)34(7)37-17-23-11-9-10-12-24(23)18-37/h9-12,15-16H,8,13-14,17-20H2,1-7H3,(H,32,38). The first-order valence-electron chi connectivity index (χ1n) is 14.3. The quantitative estimate of drug-likeness (QED) is 0.384. The van der Waals surface area contributed by atoms with Crippen LogP contribution in [0.2, 0.25) is 0 Å². The molecule has 42 heavy (non-hydrogen) atoms. The highest BCUT2D eigenvalue weighted by atomic mass is 16.6. The van der Waals surface area contributed by atoms with E-state index in [1.807, 2.05) is 70.8 Å². The molecule has 0 radical (unpaired) electrons. The number of aromatic nitrogens is 1. The minimum atomic E-state index is -0.604. The summed E-state index contributed by atoms with van der Waals surface area (Å²) in [5.74, 6) is -0.418. The Morgan fingerprint density at radius 3 is 2.36 bits per heavy atom. The smallest absolute Gasteiger partial charge is 0.410 e. The van der Waals surface area contributed by atoms with Crippen LogP contribution in [0.15, 0.2) is 40.9 Å². The Morgan fingerprint density at radius 1 is 1.07 bits per heavy atom. The van der Waals surface area contributed by atoms with Crippen molar-refractivity contribution in [3.05, 3.63) is 58.8 Å². The van der Waals surface area contributed by atoms with E-state index in [1.54, 1.807) is 21.9 Å². The number of likely N-dealkylation sites (N-methyl/N-ethyl adjacent to an activating group) is 2. The summed E-state index contributed by atoms with van der Waals surface area (Å²) in [4.78, 5) is 42.5. The van der Waals surface area contributed by atoms with Crippen molar-refractivity contribution in [1.82, 2.24) is 25.4 Å². The number of nitrogens with zero attached hydrogens (tertiary/aromatic N) is 5. The van der Waals surface area contributed by atoms with Crippen molar-refractivity contribution >= 4 is 34.6 Å². The van der Waals surface area contributed by atoms with Crippen molar-refractivity contribution in [2.45, 2.75) is 60.2 Å². The molecule has 1 N–H and O–H groups in total. The van der Waals surface area contributed by atoms with Gasteiger partial charge in [0.25, 0.3) is 5.91 Å². The van der Waals surface area contributed by atoms with Crippen LogP contribution in [0, 0.1) is 13.8 Å². The van der Waals surface area contributed by atoms with Gasteiger partial charge in [0.05, 0.1) is 18.8 Å². The maximum Gasteiger partial charge on any atom is 0.410 e. The molecule has 4 rings (SSSR count). The lowest BCUT2D eigenvalue weighted by Gasteiger charge is -2.32. The summed E-state index contributed by atoms with van der Waals surface area (Å²) in [6.45, 7) is 13.3. The second-order valence-corrected chi connectivity index (χ2v) is 11.7. The summed E-state index contributed by atoms with van der Waals surface area (Å²) < 4.78 is 11.0. The van der Waals surface area contributed by atoms with Crippen LogP contribution in [0.25, 0.3) is 11.0 Å². The van der Waals surface area contributed by atoms with Crippen molar-refractivity contribution in [3.63, 3.8) is 0 Å². The molecule has 0 fully saturated rings. The molecule has 11 nitrogen and oxygen atoms in total. The number of ether oxygens (including phenoxy) is 1. The molecular formula is C31H42N6O5. The molecule has 0 saturated carbocycles. The molecule has 1 aliphatic rings. The molecule has 11 heteroatoms. The summed E-state index contributed by atoms with van der Waals surface area (Å²) in [6, 6.07) is 11.9. The molecule has 2 heterocycles. The average Bonchev–Trinajstić information content (AvgIpc) is 3.52. The fourth-order valence-electron chi connectivity index (χ4n) is 4.98. The van der Waals surface area contributed by atoms with E-state index in [-0.39, 0.29) is 31.4 Å². The molecule has 226 valence electrons. The number of nitrogens with one attached hydrogen (secondary N) is 1. The first-order valence-corrected chi connectivity index (χ1v) is 14.3. The first-order chi connectivity index (χ1) is 19.9. The van der Waals surface area contributed by atoms with Crippen LogP contribution in [0.1, 0.15) is 50.1 Å². The SMILES string of the molecule is CCN(CCNC(=O)CN(CC(=O)N(C)N1Cc2ccccc2C1)c1cc2onc(C)c2cc1C)C(=O)OC(C)(C)C. The summed E-state index contributed by atoms with van der Waals surface area (Å²) in [5, 5.41) is 11.5. The minimum Gasteiger partial charge on any atom is -0.444 e. The van der Waals surface area contributed by atoms with Gasteiger partial charge in [0.15, 0.2) is 5.58 Å². The number of amides is 3. The van der Waals surface area contributed by atoms with E-state index in [2.05, 4.69) is 22.6 Å². The number of hydrogen-bond acceptors (Lipinski definition) is 8. The monoisotopic (exact) mass is 578 g/mol. The zero-order valence-corrected chi connectivity index (χ0v) is 25.7. The minimum absolute atomic E-state index is 0.0186. The molecule has 1 aliphatic heterocycles. The molecule has 3 amide bonds. The lowest BCUT2D eigenvalue weighted by molar-refractivity contribution is -0.145. The molecule has 0 aliphatic carbocycles. The maximum atomic E-state index is 13.6. The first kappa shape index (κ1) is 30.8. The maximum absolute atomic E-state index is 13.6. The van der Waals surface area contributed by atoms with E-state index in [9.17, 15) is 14.4 Å². The van der Waals surface area contributed by atoms with E-state index in [0.29, 0.717) is 37.4 Å². The Labute approximate surface area is 247 Å². The van der Waals surface area contributed by atoms with Gasteiger partial charge in [-0.2, -0.15) is 0 Å². The van der Waals surface area contributed by atoms with Crippen LogP contribution >= 0.6 is 0 Å². The molecule has 0 saturated heterocycles. The predicted octanol–water partition coefficient (Wildman–Crippen LogP) is 4.01. The number of fused-ring (bicyclic) bond motifs is 2. The van der Waals surface area contributed by atoms with Crippen LogP contribution in [0.3, 0.4) is 0 Å². The van der Waals surface area contributed by atoms with E-state index < -0.39 is 11.7 Å². The van der Waals surface area contributed by atoms with Gasteiger partial charge in [-0.05, 0) is 64.3 Å². The largest absolute Gasteiger partial charge is 0.444 e. The van der Waals surface area contributed by atoms with Crippen LogP contribution < -0.4 is 10.2 Å². The van der Waals surface area contributed by atoms with Crippen molar-refractivity contribution in [2.75, 3.05) is 44.7 Å². The van der Waals surface area contributed by atoms with Gasteiger partial charge in [-0.1, -0.05) is 29.4 Å². The summed E-state index contributed by atoms with van der Waals surface area (Å²) in [5.41, 5.74) is 4.76. The number of hydrogen-bond donors (Lipinski definition) is 1. The van der Waals surface area contributed by atoms with Gasteiger partial charge in [-0.15, -0.1) is 0 Å². The summed E-state index contributed by atoms with van der Waals surface area (Å²) in [7, 11) is 1.76. The van der Waals surface area contributed by atoms with Gasteiger partial charge in [-0.25, -0.2) is 9.80 Å². The summed E-state index contributed by atoms with van der Waals surface area (Å²) in [6.07, 6.45) is -0.426. The molecule has 0 bridgehead atoms. The average molecular weight is 579 g/mol. The molecule has 0 unspecified atom stereocenters. The van der Waals surface area contributed by atoms with Gasteiger partial charge >= 0.3 is 6.09 Å². The Hall–Kier alpha value is -4.12. The van der Waals surface area contributed by atoms with Gasteiger partial charge in [0.2, 0.25) is 5.91 Å². The zero-order valence-electron chi connectivity index (χ0n) is 25.7. The lowest BCUT2D eigenvalue weighted by Crippen LogP contribution is -2.48. The van der Waals surface area contributed by atoms with Gasteiger partial charge < -0.3 is 24.4 Å². The van der Waals surface area contributed by atoms with E-state index in [0.717, 1.165) is 16.6 Å². The third-order valence-corrected chi connectivity index (χ3v) is 7.32. The molecule has 0 atom stereocenters. The second-order valence-electron chi connectivity index (χ2n) is 11.7. The number of anilines is 1. The van der Waals surface area contributed by atoms with E-state index >= 15 is 0 Å². The number of carbonyl (C=O) groups excluding carboxylic acids is 3. The highest BCUT2D eigenvalue weighted by Gasteiger charge is 2.27. The second kappa shape index (κ2) is 12.8. The number of aryl methyl sites for hydroxylation is 2. The Bertz CT molecular complexity index is 1420. The van der Waals surface area contributed by atoms with Crippen LogP contribution in [0.5, 0.6) is 0 Å². The predicted molar refractivity (Wildman–Crippen MR) is 161 cm³/mol. The number of benzene rings is 2. The van der Waals surface area contributed by atoms with Crippen LogP contribution in [-0.4, -0.2) is 83.4 Å². The van der Waals surface area contributed by atoms with Crippen LogP contribution in [-0.2, 0) is 27.4 Å². The Morgan fingerprint density at radius 2 is 1.74 bits per heavy atom. The number of carbonyl (C=O) groups is 3. The number of rotatable bonds is 10. The van der Waals surface area contributed by atoms with Gasteiger partial charge in [0, 0.05) is 56.9 Å². The third-order valence-electron chi connectivity index (χ3n) is 7.32. The normalized spacial score (nSPS) is 13.1. The summed E-state index contributed by atoms with van der Waals surface area (Å²) >= 11 is 0. The van der Waals surface area contributed by atoms with Crippen molar-refractivity contribution < 1.29 is 23.6 Å². The fraction of sp³-hybridized carbons (Fsp3) is 0.484.